The van der Waals surface area contributed by atoms with Crippen molar-refractivity contribution in [2.75, 3.05) is 6.61 Å². The van der Waals surface area contributed by atoms with Crippen molar-refractivity contribution < 1.29 is 24.5 Å². The van der Waals surface area contributed by atoms with Gasteiger partial charge < -0.3 is 19.7 Å². The van der Waals surface area contributed by atoms with E-state index in [2.05, 4.69) is 25.2 Å². The van der Waals surface area contributed by atoms with Crippen molar-refractivity contribution in [3.05, 3.63) is 24.3 Å². The number of fused-ring (bicyclic) bond motifs is 2. The molecule has 0 saturated carbocycles. The lowest BCUT2D eigenvalue weighted by molar-refractivity contribution is -0.137. The van der Waals surface area contributed by atoms with E-state index in [1.165, 1.54) is 0 Å². The third-order valence-corrected chi connectivity index (χ3v) is 5.29. The minimum Gasteiger partial charge on any atom is -0.481 e. The molecule has 2 aliphatic heterocycles. The second-order valence-corrected chi connectivity index (χ2v) is 7.44. The SMILES string of the molecule is CCCCC[C@@H](O)/C=C/C1C[C@@H]2OC[C@@H](O2)[C@@H]1C/C=C\CCCC(=O)O. The van der Waals surface area contributed by atoms with Crippen LogP contribution < -0.4 is 0 Å². The molecular weight excluding hydrogens is 332 g/mol. The van der Waals surface area contributed by atoms with E-state index in [0.717, 1.165) is 44.9 Å². The number of carbonyl (C=O) groups is 1. The van der Waals surface area contributed by atoms with Crippen molar-refractivity contribution in [1.82, 2.24) is 0 Å². The van der Waals surface area contributed by atoms with Crippen molar-refractivity contribution in [1.29, 1.82) is 0 Å². The van der Waals surface area contributed by atoms with Crippen LogP contribution in [0.4, 0.5) is 0 Å². The summed E-state index contributed by atoms with van der Waals surface area (Å²) in [7, 11) is 0. The molecule has 2 N–H and O–H groups in total. The summed E-state index contributed by atoms with van der Waals surface area (Å²) in [6.07, 6.45) is 15.6. The summed E-state index contributed by atoms with van der Waals surface area (Å²) in [5.41, 5.74) is 0. The second kappa shape index (κ2) is 11.5. The monoisotopic (exact) mass is 366 g/mol. The fourth-order valence-corrected chi connectivity index (χ4v) is 3.76. The number of aliphatic hydroxyl groups is 1. The van der Waals surface area contributed by atoms with Crippen molar-refractivity contribution >= 4 is 5.97 Å². The molecule has 0 aliphatic carbocycles. The number of allylic oxidation sites excluding steroid dienone is 3. The Morgan fingerprint density at radius 3 is 2.88 bits per heavy atom. The van der Waals surface area contributed by atoms with E-state index in [4.69, 9.17) is 14.6 Å². The standard InChI is InChI=1S/C21H34O5/c1-2-3-6-9-17(22)13-12-16-14-21-25-15-19(26-21)18(16)10-7-4-5-8-11-20(23)24/h4,7,12-13,16-19,21-22H,2-3,5-6,8-11,14-15H2,1H3,(H,23,24)/b7-4-,13-12+/t16?,17-,18-,19-,21-/m1/s1. The number of aliphatic carboxylic acids is 1. The number of hydrogen-bond donors (Lipinski definition) is 2. The number of unbranched alkanes of at least 4 members (excludes halogenated alkanes) is 3. The van der Waals surface area contributed by atoms with Gasteiger partial charge in [0.2, 0.25) is 0 Å². The molecule has 5 heteroatoms. The lowest BCUT2D eigenvalue weighted by Gasteiger charge is -2.33. The smallest absolute Gasteiger partial charge is 0.303 e. The summed E-state index contributed by atoms with van der Waals surface area (Å²) in [6, 6.07) is 0. The quantitative estimate of drug-likeness (QED) is 0.402. The summed E-state index contributed by atoms with van der Waals surface area (Å²) >= 11 is 0. The fraction of sp³-hybridized carbons (Fsp3) is 0.762. The highest BCUT2D eigenvalue weighted by Crippen LogP contribution is 2.39. The Balaban J connectivity index is 1.82. The van der Waals surface area contributed by atoms with E-state index in [1.807, 2.05) is 6.08 Å². The van der Waals surface area contributed by atoms with E-state index in [9.17, 15) is 9.90 Å². The maximum Gasteiger partial charge on any atom is 0.303 e. The molecule has 1 unspecified atom stereocenters. The Morgan fingerprint density at radius 2 is 2.12 bits per heavy atom. The zero-order chi connectivity index (χ0) is 18.8. The van der Waals surface area contributed by atoms with Gasteiger partial charge in [-0.15, -0.1) is 0 Å². The van der Waals surface area contributed by atoms with Crippen LogP contribution in [0, 0.1) is 11.8 Å². The van der Waals surface area contributed by atoms with Gasteiger partial charge in [0, 0.05) is 12.8 Å². The second-order valence-electron chi connectivity index (χ2n) is 7.44. The minimum absolute atomic E-state index is 0.109. The Labute approximate surface area is 157 Å². The van der Waals surface area contributed by atoms with Gasteiger partial charge in [-0.2, -0.15) is 0 Å². The molecule has 2 heterocycles. The topological polar surface area (TPSA) is 76.0 Å². The summed E-state index contributed by atoms with van der Waals surface area (Å²) in [6.45, 7) is 2.81. The molecule has 5 nitrogen and oxygen atoms in total. The number of rotatable bonds is 12. The number of aliphatic hydroxyl groups excluding tert-OH is 1. The first-order valence-corrected chi connectivity index (χ1v) is 10.1. The van der Waals surface area contributed by atoms with Gasteiger partial charge in [0.1, 0.15) is 0 Å². The fourth-order valence-electron chi connectivity index (χ4n) is 3.76. The van der Waals surface area contributed by atoms with Gasteiger partial charge in [0.15, 0.2) is 6.29 Å². The molecule has 0 radical (unpaired) electrons. The van der Waals surface area contributed by atoms with E-state index >= 15 is 0 Å². The van der Waals surface area contributed by atoms with Crippen LogP contribution in [-0.4, -0.2) is 41.3 Å². The maximum absolute atomic E-state index is 10.5. The zero-order valence-electron chi connectivity index (χ0n) is 15.9. The number of carboxylic acids is 1. The van der Waals surface area contributed by atoms with Gasteiger partial charge in [-0.3, -0.25) is 4.79 Å². The van der Waals surface area contributed by atoms with Crippen molar-refractivity contribution in [3.63, 3.8) is 0 Å². The Kier molecular flexibility index (Phi) is 9.37. The van der Waals surface area contributed by atoms with Crippen molar-refractivity contribution in [3.8, 4) is 0 Å². The van der Waals surface area contributed by atoms with Crippen LogP contribution in [0.1, 0.15) is 64.7 Å². The predicted molar refractivity (Wildman–Crippen MR) is 101 cm³/mol. The van der Waals surface area contributed by atoms with Crippen LogP contribution in [0.2, 0.25) is 0 Å². The zero-order valence-corrected chi connectivity index (χ0v) is 15.9. The predicted octanol–water partition coefficient (Wildman–Crippen LogP) is 4.06. The summed E-state index contributed by atoms with van der Waals surface area (Å²) in [5, 5.41) is 18.8. The summed E-state index contributed by atoms with van der Waals surface area (Å²) in [4.78, 5) is 10.5. The average Bonchev–Trinajstić information content (AvgIpc) is 3.00. The molecule has 26 heavy (non-hydrogen) atoms. The largest absolute Gasteiger partial charge is 0.481 e. The molecule has 148 valence electrons. The minimum atomic E-state index is -0.740. The third-order valence-electron chi connectivity index (χ3n) is 5.29. The first-order valence-electron chi connectivity index (χ1n) is 10.1. The van der Waals surface area contributed by atoms with Gasteiger partial charge in [-0.05, 0) is 37.5 Å². The van der Waals surface area contributed by atoms with E-state index in [-0.39, 0.29) is 24.9 Å². The highest BCUT2D eigenvalue weighted by Gasteiger charge is 2.42. The number of ether oxygens (including phenoxy) is 2. The molecule has 2 saturated heterocycles. The van der Waals surface area contributed by atoms with Crippen LogP contribution in [0.5, 0.6) is 0 Å². The Bertz CT molecular complexity index is 473. The Hall–Kier alpha value is -1.17. The van der Waals surface area contributed by atoms with Crippen LogP contribution in [-0.2, 0) is 14.3 Å². The number of hydrogen-bond acceptors (Lipinski definition) is 4. The molecule has 0 aromatic carbocycles. The normalized spacial score (nSPS) is 29.6. The molecule has 0 aromatic heterocycles. The lowest BCUT2D eigenvalue weighted by Crippen LogP contribution is -2.35. The van der Waals surface area contributed by atoms with Crippen LogP contribution in [0.25, 0.3) is 0 Å². The van der Waals surface area contributed by atoms with Crippen molar-refractivity contribution in [2.24, 2.45) is 11.8 Å². The van der Waals surface area contributed by atoms with Crippen LogP contribution >= 0.6 is 0 Å². The van der Waals surface area contributed by atoms with E-state index in [0.29, 0.717) is 24.9 Å². The molecular formula is C21H34O5. The van der Waals surface area contributed by atoms with Crippen LogP contribution in [0.3, 0.4) is 0 Å². The number of carboxylic acid groups (broad SMARTS) is 1. The molecule has 2 fully saturated rings. The van der Waals surface area contributed by atoms with Gasteiger partial charge >= 0.3 is 5.97 Å². The Morgan fingerprint density at radius 1 is 1.27 bits per heavy atom. The first-order chi connectivity index (χ1) is 12.6. The highest BCUT2D eigenvalue weighted by atomic mass is 16.7. The van der Waals surface area contributed by atoms with Crippen molar-refractivity contribution in [2.45, 2.75) is 83.2 Å². The highest BCUT2D eigenvalue weighted by molar-refractivity contribution is 5.66. The maximum atomic E-state index is 10.5. The van der Waals surface area contributed by atoms with Gasteiger partial charge in [-0.25, -0.2) is 0 Å². The molecule has 0 spiro atoms. The van der Waals surface area contributed by atoms with Crippen LogP contribution in [0.15, 0.2) is 24.3 Å². The van der Waals surface area contributed by atoms with E-state index < -0.39 is 5.97 Å². The van der Waals surface area contributed by atoms with Gasteiger partial charge in [0.25, 0.3) is 0 Å². The lowest BCUT2D eigenvalue weighted by atomic mass is 9.81. The van der Waals surface area contributed by atoms with Gasteiger partial charge in [0.05, 0.1) is 18.8 Å². The third kappa shape index (κ3) is 7.22. The van der Waals surface area contributed by atoms with Gasteiger partial charge in [-0.1, -0.05) is 50.5 Å². The first kappa shape index (κ1) is 21.1. The molecule has 2 rings (SSSR count). The molecule has 2 aliphatic rings. The molecule has 5 atom stereocenters. The molecule has 2 bridgehead atoms. The average molecular weight is 366 g/mol. The summed E-state index contributed by atoms with van der Waals surface area (Å²) in [5.74, 6) is -0.0368. The molecule has 0 amide bonds. The van der Waals surface area contributed by atoms with E-state index in [1.54, 1.807) is 0 Å². The summed E-state index contributed by atoms with van der Waals surface area (Å²) < 4.78 is 11.6. The molecule has 0 aromatic rings.